The number of methoxy groups -OCH3 is 1. The molecule has 154 valence electrons. The van der Waals surface area contributed by atoms with Gasteiger partial charge in [0.2, 0.25) is 0 Å². The number of likely N-dealkylation sites (tertiary alicyclic amines) is 1. The highest BCUT2D eigenvalue weighted by molar-refractivity contribution is 14.0. The van der Waals surface area contributed by atoms with Crippen molar-refractivity contribution in [3.05, 3.63) is 41.5 Å². The van der Waals surface area contributed by atoms with E-state index < -0.39 is 0 Å². The second kappa shape index (κ2) is 10.6. The summed E-state index contributed by atoms with van der Waals surface area (Å²) < 4.78 is 7.14. The van der Waals surface area contributed by atoms with E-state index in [1.165, 1.54) is 5.56 Å². The van der Waals surface area contributed by atoms with Crippen molar-refractivity contribution in [1.82, 2.24) is 25.0 Å². The van der Waals surface area contributed by atoms with Crippen LogP contribution in [0.2, 0.25) is 0 Å². The zero-order chi connectivity index (χ0) is 19.2. The number of aryl methyl sites for hydroxylation is 1. The van der Waals surface area contributed by atoms with Crippen molar-refractivity contribution in [3.63, 3.8) is 0 Å². The highest BCUT2D eigenvalue weighted by Crippen LogP contribution is 2.12. The SMILES string of the molecule is COc1ccc(CCNC(=NCc2nnc(C)n2C)N2CC[C@@H](O)C2)cc1.I. The molecule has 1 aromatic carbocycles. The summed E-state index contributed by atoms with van der Waals surface area (Å²) in [6.07, 6.45) is 1.35. The summed E-state index contributed by atoms with van der Waals surface area (Å²) >= 11 is 0. The van der Waals surface area contributed by atoms with Crippen LogP contribution < -0.4 is 10.1 Å². The largest absolute Gasteiger partial charge is 0.497 e. The molecular formula is C19H29IN6O2. The third-order valence-electron chi connectivity index (χ3n) is 4.87. The lowest BCUT2D eigenvalue weighted by atomic mass is 10.1. The summed E-state index contributed by atoms with van der Waals surface area (Å²) in [7, 11) is 3.61. The molecule has 0 amide bonds. The lowest BCUT2D eigenvalue weighted by molar-refractivity contribution is 0.187. The summed E-state index contributed by atoms with van der Waals surface area (Å²) in [5, 5.41) is 21.6. The van der Waals surface area contributed by atoms with E-state index in [2.05, 4.69) is 32.5 Å². The van der Waals surface area contributed by atoms with Gasteiger partial charge in [-0.1, -0.05) is 12.1 Å². The minimum Gasteiger partial charge on any atom is -0.497 e. The standard InChI is InChI=1S/C19H28N6O2.HI/c1-14-22-23-18(24(14)2)12-21-19(25-11-9-16(26)13-25)20-10-8-15-4-6-17(27-3)7-5-15;/h4-7,16,26H,8-13H2,1-3H3,(H,20,21);1H/t16-;/m1./s1. The number of nitrogens with one attached hydrogen (secondary N) is 1. The van der Waals surface area contributed by atoms with Gasteiger partial charge in [0.15, 0.2) is 11.8 Å². The molecule has 0 unspecified atom stereocenters. The van der Waals surface area contributed by atoms with Crippen LogP contribution in [0, 0.1) is 6.92 Å². The lowest BCUT2D eigenvalue weighted by Gasteiger charge is -2.21. The topological polar surface area (TPSA) is 87.8 Å². The molecule has 2 N–H and O–H groups in total. The Kier molecular flexibility index (Phi) is 8.49. The number of β-amino-alcohol motifs (C(OH)–C–C–N with tert-alkyl or cyclic N) is 1. The normalized spacial score (nSPS) is 16.8. The van der Waals surface area contributed by atoms with Gasteiger partial charge < -0.3 is 24.6 Å². The molecule has 1 aliphatic rings. The fraction of sp³-hybridized carbons (Fsp3) is 0.526. The number of aliphatic hydroxyl groups excluding tert-OH is 1. The number of halogens is 1. The molecule has 0 saturated carbocycles. The van der Waals surface area contributed by atoms with Gasteiger partial charge in [-0.15, -0.1) is 34.2 Å². The molecule has 1 fully saturated rings. The van der Waals surface area contributed by atoms with Crippen molar-refractivity contribution in [2.45, 2.75) is 32.4 Å². The minimum atomic E-state index is -0.296. The van der Waals surface area contributed by atoms with Crippen LogP contribution in [0.1, 0.15) is 23.6 Å². The summed E-state index contributed by atoms with van der Waals surface area (Å²) in [4.78, 5) is 6.82. The van der Waals surface area contributed by atoms with Gasteiger partial charge in [-0.2, -0.15) is 0 Å². The maximum atomic E-state index is 9.87. The van der Waals surface area contributed by atoms with Gasteiger partial charge >= 0.3 is 0 Å². The number of ether oxygens (including phenoxy) is 1. The first-order valence-electron chi connectivity index (χ1n) is 9.26. The molecule has 1 aromatic heterocycles. The van der Waals surface area contributed by atoms with E-state index in [9.17, 15) is 5.11 Å². The van der Waals surface area contributed by atoms with Gasteiger partial charge in [0, 0.05) is 26.7 Å². The fourth-order valence-corrected chi connectivity index (χ4v) is 3.05. The van der Waals surface area contributed by atoms with E-state index in [-0.39, 0.29) is 30.1 Å². The number of hydrogen-bond donors (Lipinski definition) is 2. The van der Waals surface area contributed by atoms with Gasteiger partial charge in [0.05, 0.1) is 13.2 Å². The summed E-state index contributed by atoms with van der Waals surface area (Å²) in [5.41, 5.74) is 1.23. The number of rotatable bonds is 6. The molecule has 28 heavy (non-hydrogen) atoms. The number of aromatic nitrogens is 3. The zero-order valence-electron chi connectivity index (χ0n) is 16.6. The number of nitrogens with zero attached hydrogens (tertiary/aromatic N) is 5. The number of benzene rings is 1. The lowest BCUT2D eigenvalue weighted by Crippen LogP contribution is -2.41. The summed E-state index contributed by atoms with van der Waals surface area (Å²) in [6, 6.07) is 8.08. The highest BCUT2D eigenvalue weighted by Gasteiger charge is 2.23. The van der Waals surface area contributed by atoms with Crippen LogP contribution in [0.25, 0.3) is 0 Å². The summed E-state index contributed by atoms with van der Waals surface area (Å²) in [6.45, 7) is 4.54. The molecule has 0 spiro atoms. The molecule has 0 bridgehead atoms. The Morgan fingerprint density at radius 1 is 1.32 bits per heavy atom. The van der Waals surface area contributed by atoms with Gasteiger partial charge in [-0.25, -0.2) is 4.99 Å². The molecule has 8 nitrogen and oxygen atoms in total. The van der Waals surface area contributed by atoms with Crippen LogP contribution in [0.15, 0.2) is 29.3 Å². The average molecular weight is 500 g/mol. The van der Waals surface area contributed by atoms with Crippen LogP contribution in [0.3, 0.4) is 0 Å². The van der Waals surface area contributed by atoms with Crippen molar-refractivity contribution in [2.24, 2.45) is 12.0 Å². The van der Waals surface area contributed by atoms with Crippen LogP contribution in [-0.4, -0.2) is 63.6 Å². The first-order chi connectivity index (χ1) is 13.1. The average Bonchev–Trinajstić information content (AvgIpc) is 3.25. The zero-order valence-corrected chi connectivity index (χ0v) is 19.0. The molecule has 3 rings (SSSR count). The van der Waals surface area contributed by atoms with Crippen molar-refractivity contribution < 1.29 is 9.84 Å². The molecule has 2 aromatic rings. The fourth-order valence-electron chi connectivity index (χ4n) is 3.05. The Morgan fingerprint density at radius 2 is 2.07 bits per heavy atom. The van der Waals surface area contributed by atoms with Gasteiger partial charge in [-0.05, 0) is 37.5 Å². The molecular weight excluding hydrogens is 471 g/mol. The Morgan fingerprint density at radius 3 is 2.64 bits per heavy atom. The maximum Gasteiger partial charge on any atom is 0.194 e. The Bertz CT molecular complexity index is 777. The quantitative estimate of drug-likeness (QED) is 0.355. The van der Waals surface area contributed by atoms with Crippen LogP contribution in [-0.2, 0) is 20.0 Å². The van der Waals surface area contributed by atoms with Crippen LogP contribution >= 0.6 is 24.0 Å². The first kappa shape index (κ1) is 22.4. The van der Waals surface area contributed by atoms with E-state index in [1.54, 1.807) is 7.11 Å². The van der Waals surface area contributed by atoms with Crippen LogP contribution in [0.5, 0.6) is 5.75 Å². The van der Waals surface area contributed by atoms with Crippen LogP contribution in [0.4, 0.5) is 0 Å². The molecule has 9 heteroatoms. The molecule has 1 atom stereocenters. The minimum absolute atomic E-state index is 0. The van der Waals surface area contributed by atoms with Crippen molar-refractivity contribution in [2.75, 3.05) is 26.7 Å². The van der Waals surface area contributed by atoms with E-state index in [0.29, 0.717) is 13.1 Å². The predicted molar refractivity (Wildman–Crippen MR) is 119 cm³/mol. The predicted octanol–water partition coefficient (Wildman–Crippen LogP) is 1.51. The molecule has 1 saturated heterocycles. The second-order valence-electron chi connectivity index (χ2n) is 6.78. The van der Waals surface area contributed by atoms with Gasteiger partial charge in [-0.3, -0.25) is 0 Å². The molecule has 2 heterocycles. The highest BCUT2D eigenvalue weighted by atomic mass is 127. The third kappa shape index (κ3) is 5.81. The van der Waals surface area contributed by atoms with E-state index in [0.717, 1.165) is 49.3 Å². The summed E-state index contributed by atoms with van der Waals surface area (Å²) in [5.74, 6) is 3.35. The van der Waals surface area contributed by atoms with E-state index in [1.807, 2.05) is 30.7 Å². The number of aliphatic hydroxyl groups is 1. The number of guanidine groups is 1. The van der Waals surface area contributed by atoms with E-state index in [4.69, 9.17) is 9.73 Å². The second-order valence-corrected chi connectivity index (χ2v) is 6.78. The smallest absolute Gasteiger partial charge is 0.194 e. The Balaban J connectivity index is 0.00000280. The van der Waals surface area contributed by atoms with Crippen molar-refractivity contribution in [3.8, 4) is 5.75 Å². The van der Waals surface area contributed by atoms with Crippen molar-refractivity contribution >= 4 is 29.9 Å². The monoisotopic (exact) mass is 500 g/mol. The number of aliphatic imine (C=N–C) groups is 1. The molecule has 0 radical (unpaired) electrons. The Hall–Kier alpha value is -1.88. The molecule has 0 aliphatic carbocycles. The van der Waals surface area contributed by atoms with E-state index >= 15 is 0 Å². The number of hydrogen-bond acceptors (Lipinski definition) is 5. The first-order valence-corrected chi connectivity index (χ1v) is 9.26. The van der Waals surface area contributed by atoms with Crippen molar-refractivity contribution in [1.29, 1.82) is 0 Å². The van der Waals surface area contributed by atoms with Gasteiger partial charge in [0.1, 0.15) is 18.1 Å². The maximum absolute atomic E-state index is 9.87. The van der Waals surface area contributed by atoms with Gasteiger partial charge in [0.25, 0.3) is 0 Å². The molecule has 1 aliphatic heterocycles. The Labute approximate surface area is 183 Å². The third-order valence-corrected chi connectivity index (χ3v) is 4.87.